The summed E-state index contributed by atoms with van der Waals surface area (Å²) >= 11 is 0. The lowest BCUT2D eigenvalue weighted by Crippen LogP contribution is -2.37. The molecule has 140 valence electrons. The van der Waals surface area contributed by atoms with E-state index in [1.54, 1.807) is 6.07 Å². The average Bonchev–Trinajstić information content (AvgIpc) is 3.35. The second-order valence-corrected chi connectivity index (χ2v) is 6.71. The molecule has 1 saturated carbocycles. The molecule has 2 fully saturated rings. The molecule has 3 amide bonds. The minimum Gasteiger partial charge on any atom is -0.355 e. The molecule has 1 aliphatic carbocycles. The van der Waals surface area contributed by atoms with E-state index in [2.05, 4.69) is 5.32 Å². The van der Waals surface area contributed by atoms with Gasteiger partial charge in [-0.15, -0.1) is 0 Å². The van der Waals surface area contributed by atoms with Gasteiger partial charge in [0.25, 0.3) is 0 Å². The molecule has 0 spiro atoms. The number of nitrogens with one attached hydrogen (secondary N) is 1. The molecule has 3 rings (SSSR count). The first kappa shape index (κ1) is 18.4. The fourth-order valence-electron chi connectivity index (χ4n) is 3.25. The zero-order valence-electron chi connectivity index (χ0n) is 14.1. The number of rotatable bonds is 6. The fraction of sp³-hybridized carbons (Fsp3) is 0.500. The van der Waals surface area contributed by atoms with Crippen LogP contribution < -0.4 is 5.32 Å². The zero-order chi connectivity index (χ0) is 18.9. The van der Waals surface area contributed by atoms with Crippen LogP contribution in [0, 0.1) is 0 Å². The summed E-state index contributed by atoms with van der Waals surface area (Å²) in [6, 6.07) is 4.88. The molecule has 1 N–H and O–H groups in total. The second-order valence-electron chi connectivity index (χ2n) is 6.71. The SMILES string of the molecule is O=C1CCC(=O)N1CCCNC(=O)C1(c2cccc(C(F)(F)F)c2)CC1. The molecule has 1 saturated heterocycles. The third-order valence-corrected chi connectivity index (χ3v) is 4.93. The Morgan fingerprint density at radius 3 is 2.38 bits per heavy atom. The molecule has 26 heavy (non-hydrogen) atoms. The molecule has 5 nitrogen and oxygen atoms in total. The van der Waals surface area contributed by atoms with E-state index in [4.69, 9.17) is 0 Å². The van der Waals surface area contributed by atoms with Gasteiger partial charge in [0.15, 0.2) is 0 Å². The van der Waals surface area contributed by atoms with E-state index in [9.17, 15) is 27.6 Å². The monoisotopic (exact) mass is 368 g/mol. The largest absolute Gasteiger partial charge is 0.416 e. The Balaban J connectivity index is 1.56. The van der Waals surface area contributed by atoms with Crippen molar-refractivity contribution >= 4 is 17.7 Å². The van der Waals surface area contributed by atoms with Crippen LogP contribution in [0.4, 0.5) is 13.2 Å². The first-order chi connectivity index (χ1) is 12.2. The summed E-state index contributed by atoms with van der Waals surface area (Å²) in [5, 5.41) is 2.73. The van der Waals surface area contributed by atoms with Crippen LogP contribution in [-0.2, 0) is 26.0 Å². The summed E-state index contributed by atoms with van der Waals surface area (Å²) < 4.78 is 38.6. The molecule has 1 aromatic carbocycles. The molecule has 1 heterocycles. The summed E-state index contributed by atoms with van der Waals surface area (Å²) in [6.07, 6.45) is -2.57. The highest BCUT2D eigenvalue weighted by atomic mass is 19.4. The van der Waals surface area contributed by atoms with Crippen molar-refractivity contribution in [3.05, 3.63) is 35.4 Å². The van der Waals surface area contributed by atoms with Gasteiger partial charge in [-0.2, -0.15) is 13.2 Å². The predicted molar refractivity (Wildman–Crippen MR) is 85.9 cm³/mol. The van der Waals surface area contributed by atoms with Gasteiger partial charge >= 0.3 is 6.18 Å². The van der Waals surface area contributed by atoms with E-state index in [1.807, 2.05) is 0 Å². The van der Waals surface area contributed by atoms with Crippen LogP contribution in [0.15, 0.2) is 24.3 Å². The average molecular weight is 368 g/mol. The maximum absolute atomic E-state index is 12.9. The van der Waals surface area contributed by atoms with Crippen LogP contribution in [0.2, 0.25) is 0 Å². The van der Waals surface area contributed by atoms with Crippen LogP contribution in [0.1, 0.15) is 43.2 Å². The van der Waals surface area contributed by atoms with Crippen molar-refractivity contribution < 1.29 is 27.6 Å². The predicted octanol–water partition coefficient (Wildman–Crippen LogP) is 2.39. The van der Waals surface area contributed by atoms with Crippen molar-refractivity contribution in [3.8, 4) is 0 Å². The highest BCUT2D eigenvalue weighted by Gasteiger charge is 2.51. The first-order valence-electron chi connectivity index (χ1n) is 8.53. The number of carbonyl (C=O) groups excluding carboxylic acids is 3. The summed E-state index contributed by atoms with van der Waals surface area (Å²) in [5.74, 6) is -0.719. The second kappa shape index (κ2) is 6.74. The van der Waals surface area contributed by atoms with Crippen LogP contribution in [-0.4, -0.2) is 35.7 Å². The summed E-state index contributed by atoms with van der Waals surface area (Å²) in [6.45, 7) is 0.505. The smallest absolute Gasteiger partial charge is 0.355 e. The summed E-state index contributed by atoms with van der Waals surface area (Å²) in [5.41, 5.74) is -1.30. The number of amides is 3. The van der Waals surface area contributed by atoms with Gasteiger partial charge in [-0.25, -0.2) is 0 Å². The number of hydrogen-bond acceptors (Lipinski definition) is 3. The van der Waals surface area contributed by atoms with E-state index in [-0.39, 0.29) is 43.7 Å². The van der Waals surface area contributed by atoms with E-state index < -0.39 is 17.2 Å². The van der Waals surface area contributed by atoms with Gasteiger partial charge in [0.05, 0.1) is 11.0 Å². The van der Waals surface area contributed by atoms with Crippen molar-refractivity contribution in [3.63, 3.8) is 0 Å². The fourth-order valence-corrected chi connectivity index (χ4v) is 3.25. The van der Waals surface area contributed by atoms with Gasteiger partial charge in [0, 0.05) is 25.9 Å². The maximum Gasteiger partial charge on any atom is 0.416 e. The van der Waals surface area contributed by atoms with E-state index in [0.717, 1.165) is 12.1 Å². The Bertz CT molecular complexity index is 725. The van der Waals surface area contributed by atoms with Crippen molar-refractivity contribution in [2.24, 2.45) is 0 Å². The maximum atomic E-state index is 12.9. The van der Waals surface area contributed by atoms with E-state index >= 15 is 0 Å². The van der Waals surface area contributed by atoms with Gasteiger partial charge in [-0.3, -0.25) is 19.3 Å². The normalized spacial score (nSPS) is 19.0. The van der Waals surface area contributed by atoms with Crippen LogP contribution in [0.5, 0.6) is 0 Å². The molecule has 0 bridgehead atoms. The number of hydrogen-bond donors (Lipinski definition) is 1. The molecule has 8 heteroatoms. The van der Waals surface area contributed by atoms with Gasteiger partial charge in [-0.05, 0) is 30.9 Å². The zero-order valence-corrected chi connectivity index (χ0v) is 14.1. The van der Waals surface area contributed by atoms with Gasteiger partial charge in [0.1, 0.15) is 0 Å². The molecule has 0 radical (unpaired) electrons. The number of halogens is 3. The highest BCUT2D eigenvalue weighted by molar-refractivity contribution is 6.01. The van der Waals surface area contributed by atoms with Crippen molar-refractivity contribution in [2.45, 2.75) is 43.7 Å². The summed E-state index contributed by atoms with van der Waals surface area (Å²) in [4.78, 5) is 36.7. The van der Waals surface area contributed by atoms with Crippen LogP contribution >= 0.6 is 0 Å². The third kappa shape index (κ3) is 3.59. The van der Waals surface area contributed by atoms with Gasteiger partial charge < -0.3 is 5.32 Å². The third-order valence-electron chi connectivity index (χ3n) is 4.93. The Morgan fingerprint density at radius 2 is 1.81 bits per heavy atom. The lowest BCUT2D eigenvalue weighted by Gasteiger charge is -2.18. The molecule has 0 unspecified atom stereocenters. The van der Waals surface area contributed by atoms with Crippen molar-refractivity contribution in [2.75, 3.05) is 13.1 Å². The van der Waals surface area contributed by atoms with E-state index in [0.29, 0.717) is 24.8 Å². The minimum atomic E-state index is -4.45. The lowest BCUT2D eigenvalue weighted by molar-refractivity contribution is -0.139. The van der Waals surface area contributed by atoms with Crippen molar-refractivity contribution in [1.29, 1.82) is 0 Å². The molecule has 0 aromatic heterocycles. The molecule has 0 atom stereocenters. The molecular formula is C18H19F3N2O3. The molecule has 2 aliphatic rings. The van der Waals surface area contributed by atoms with Crippen LogP contribution in [0.25, 0.3) is 0 Å². The standard InChI is InChI=1S/C18H19F3N2O3/c19-18(20,21)13-4-1-3-12(11-13)17(7-8-17)16(26)22-9-2-10-23-14(24)5-6-15(23)25/h1,3-4,11H,2,5-10H2,(H,22,26). The van der Waals surface area contributed by atoms with E-state index in [1.165, 1.54) is 11.0 Å². The van der Waals surface area contributed by atoms with Crippen LogP contribution in [0.3, 0.4) is 0 Å². The number of nitrogens with zero attached hydrogens (tertiary/aromatic N) is 1. The number of likely N-dealkylation sites (tertiary alicyclic amines) is 1. The van der Waals surface area contributed by atoms with Crippen molar-refractivity contribution in [1.82, 2.24) is 10.2 Å². The topological polar surface area (TPSA) is 66.5 Å². The molecular weight excluding hydrogens is 349 g/mol. The number of carbonyl (C=O) groups is 3. The number of alkyl halides is 3. The Labute approximate surface area is 148 Å². The Hall–Kier alpha value is -2.38. The number of imide groups is 1. The van der Waals surface area contributed by atoms with Gasteiger partial charge in [0.2, 0.25) is 17.7 Å². The Morgan fingerprint density at radius 1 is 1.15 bits per heavy atom. The quantitative estimate of drug-likeness (QED) is 0.619. The lowest BCUT2D eigenvalue weighted by atomic mass is 9.93. The number of benzene rings is 1. The highest BCUT2D eigenvalue weighted by Crippen LogP contribution is 2.49. The molecule has 1 aliphatic heterocycles. The minimum absolute atomic E-state index is 0.205. The molecule has 1 aromatic rings. The van der Waals surface area contributed by atoms with Gasteiger partial charge in [-0.1, -0.05) is 18.2 Å². The summed E-state index contributed by atoms with van der Waals surface area (Å²) in [7, 11) is 0. The Kier molecular flexibility index (Phi) is 4.77. The first-order valence-corrected chi connectivity index (χ1v) is 8.53.